The van der Waals surface area contributed by atoms with Crippen LogP contribution in [0.5, 0.6) is 0 Å². The number of halogens is 6. The van der Waals surface area contributed by atoms with E-state index in [2.05, 4.69) is 9.98 Å². The molecule has 0 saturated heterocycles. The first-order valence-electron chi connectivity index (χ1n) is 7.87. The van der Waals surface area contributed by atoms with E-state index in [-0.39, 0.29) is 20.6 Å². The van der Waals surface area contributed by atoms with Gasteiger partial charge in [-0.25, -0.2) is 0 Å². The summed E-state index contributed by atoms with van der Waals surface area (Å²) in [5, 5.41) is -0.255. The molecule has 3 rings (SSSR count). The Morgan fingerprint density at radius 1 is 1.00 bits per heavy atom. The Bertz CT molecular complexity index is 1250. The van der Waals surface area contributed by atoms with Crippen LogP contribution in [0.15, 0.2) is 40.2 Å². The van der Waals surface area contributed by atoms with E-state index in [9.17, 15) is 31.5 Å². The molecule has 0 aliphatic heterocycles. The number of hydrogen-bond acceptors (Lipinski definition) is 3. The van der Waals surface area contributed by atoms with Crippen LogP contribution in [0.3, 0.4) is 0 Å². The maximum atomic E-state index is 13.8. The van der Waals surface area contributed by atoms with E-state index >= 15 is 0 Å². The predicted molar refractivity (Wildman–Crippen MR) is 95.9 cm³/mol. The minimum atomic E-state index is -2.36. The summed E-state index contributed by atoms with van der Waals surface area (Å²) in [6.07, 6.45) is 1.30. The molecule has 11 heteroatoms. The maximum absolute atomic E-state index is 13.8. The minimum absolute atomic E-state index is 0.161. The summed E-state index contributed by atoms with van der Waals surface area (Å²) in [6.45, 7) is 0. The number of Topliss-reactive ketones (excluding diaryl/α,β-unsaturated/α-hetero) is 1. The summed E-state index contributed by atoms with van der Waals surface area (Å²) in [5.74, 6) is -12.4. The average molecular weight is 489 g/mol. The number of rotatable bonds is 4. The normalized spacial score (nSPS) is 11.3. The van der Waals surface area contributed by atoms with E-state index in [1.165, 1.54) is 12.1 Å². The van der Waals surface area contributed by atoms with Gasteiger partial charge in [-0.05, 0) is 0 Å². The third kappa shape index (κ3) is 3.81. The molecule has 0 aliphatic carbocycles. The molecule has 1 N–H and O–H groups in total. The Hall–Kier alpha value is -2.81. The second kappa shape index (κ2) is 8.51. The standard InChI is InChI=1S/C19H7ClF5N2O2.Cu/c20-9-6-27-19(29)11(8-4-2-1-3-5-8)12(9)10(28)7-26-18-16(24)14(22)13(21)15(23)17(18)25;/h1-4,6-7H,(H,27,29);. The van der Waals surface area contributed by atoms with Gasteiger partial charge in [0.2, 0.25) is 0 Å². The molecular weight excluding hydrogens is 482 g/mol. The Kier molecular flexibility index (Phi) is 6.21. The van der Waals surface area contributed by atoms with E-state index in [1.54, 1.807) is 12.1 Å². The number of H-pyrrole nitrogens is 1. The molecule has 3 aromatic rings. The molecule has 0 bridgehead atoms. The van der Waals surface area contributed by atoms with Crippen LogP contribution in [0.4, 0.5) is 27.6 Å². The summed E-state index contributed by atoms with van der Waals surface area (Å²) in [4.78, 5) is 30.4. The van der Waals surface area contributed by atoms with Gasteiger partial charge in [0.15, 0.2) is 0 Å². The van der Waals surface area contributed by atoms with Crippen LogP contribution < -0.4 is 10.0 Å². The fourth-order valence-corrected chi connectivity index (χ4v) is 3.07. The van der Waals surface area contributed by atoms with Gasteiger partial charge in [-0.2, -0.15) is 0 Å². The summed E-state index contributed by atoms with van der Waals surface area (Å²) in [6, 6.07) is 6.05. The van der Waals surface area contributed by atoms with Crippen molar-refractivity contribution in [3.63, 3.8) is 0 Å². The van der Waals surface area contributed by atoms with Gasteiger partial charge >= 0.3 is 178 Å². The number of benzene rings is 2. The van der Waals surface area contributed by atoms with Crippen molar-refractivity contribution < 1.29 is 42.8 Å². The first-order valence-corrected chi connectivity index (χ1v) is 8.72. The zero-order valence-corrected chi connectivity index (χ0v) is 16.0. The zero-order chi connectivity index (χ0) is 22.2. The average Bonchev–Trinajstić information content (AvgIpc) is 2.72. The van der Waals surface area contributed by atoms with Gasteiger partial charge in [0, 0.05) is 0 Å². The molecule has 0 aliphatic rings. The number of nitrogens with one attached hydrogen (secondary N) is 1. The van der Waals surface area contributed by atoms with E-state index < -0.39 is 51.7 Å². The van der Waals surface area contributed by atoms with Crippen LogP contribution in [-0.4, -0.2) is 17.0 Å². The van der Waals surface area contributed by atoms with Crippen molar-refractivity contribution >= 4 is 33.7 Å². The van der Waals surface area contributed by atoms with Crippen LogP contribution in [-0.2, 0) is 16.0 Å². The van der Waals surface area contributed by atoms with Crippen LogP contribution >= 0.6 is 11.6 Å². The topological polar surface area (TPSA) is 62.3 Å². The molecule has 2 aromatic carbocycles. The van der Waals surface area contributed by atoms with Crippen LogP contribution in [0, 0.1) is 29.1 Å². The van der Waals surface area contributed by atoms with Crippen LogP contribution in [0.25, 0.3) is 11.1 Å². The Morgan fingerprint density at radius 2 is 1.57 bits per heavy atom. The molecule has 0 spiro atoms. The summed E-state index contributed by atoms with van der Waals surface area (Å²) in [5.41, 5.74) is -2.81. The van der Waals surface area contributed by atoms with Crippen molar-refractivity contribution in [1.82, 2.24) is 4.98 Å². The fourth-order valence-electron chi connectivity index (χ4n) is 2.54. The molecule has 0 fully saturated rings. The number of ketones is 1. The van der Waals surface area contributed by atoms with Crippen molar-refractivity contribution in [2.75, 3.05) is 0 Å². The molecule has 0 atom stereocenters. The third-order valence-electron chi connectivity index (χ3n) is 3.90. The fraction of sp³-hybridized carbons (Fsp3) is 0. The molecule has 1 aromatic heterocycles. The number of pyridine rings is 1. The van der Waals surface area contributed by atoms with Gasteiger partial charge in [0.25, 0.3) is 0 Å². The monoisotopic (exact) mass is 488 g/mol. The summed E-state index contributed by atoms with van der Waals surface area (Å²) in [7, 11) is 0. The van der Waals surface area contributed by atoms with Crippen molar-refractivity contribution in [2.24, 2.45) is 4.99 Å². The molecule has 0 radical (unpaired) electrons. The van der Waals surface area contributed by atoms with Crippen molar-refractivity contribution in [1.29, 1.82) is 0 Å². The molecule has 158 valence electrons. The van der Waals surface area contributed by atoms with Crippen LogP contribution in [0.2, 0.25) is 5.02 Å². The second-order valence-electron chi connectivity index (χ2n) is 5.70. The molecule has 0 amide bonds. The number of nitrogens with zero attached hydrogens (tertiary/aromatic N) is 1. The quantitative estimate of drug-likeness (QED) is 0.150. The zero-order valence-electron chi connectivity index (χ0n) is 14.3. The van der Waals surface area contributed by atoms with Gasteiger partial charge in [-0.3, -0.25) is 0 Å². The molecule has 0 unspecified atom stereocenters. The van der Waals surface area contributed by atoms with E-state index in [4.69, 9.17) is 27.6 Å². The SMILES string of the molecule is O=C(C=Nc1c(F)c(F)c(F)c(F)c1F)c1c(Cl)c[nH]c(=O)c1-c1cccc[c]1[Cu]. The Balaban J connectivity index is 2.16. The van der Waals surface area contributed by atoms with Crippen molar-refractivity contribution in [2.45, 2.75) is 0 Å². The number of carbonyl (C=O) groups excluding carboxylic acids is 1. The Morgan fingerprint density at radius 3 is 2.17 bits per heavy atom. The van der Waals surface area contributed by atoms with E-state index in [1.807, 2.05) is 0 Å². The predicted octanol–water partition coefficient (Wildman–Crippen LogP) is 4.15. The van der Waals surface area contributed by atoms with Crippen molar-refractivity contribution in [3.05, 3.63) is 80.5 Å². The number of aliphatic imine (C=N–C) groups is 1. The van der Waals surface area contributed by atoms with E-state index in [0.29, 0.717) is 6.21 Å². The third-order valence-corrected chi connectivity index (χ3v) is 4.61. The van der Waals surface area contributed by atoms with E-state index in [0.717, 1.165) is 6.20 Å². The van der Waals surface area contributed by atoms with Gasteiger partial charge < -0.3 is 0 Å². The van der Waals surface area contributed by atoms with Crippen molar-refractivity contribution in [3.8, 4) is 11.1 Å². The number of hydrogen-bond donors (Lipinski definition) is 1. The number of carbonyl (C=O) groups is 1. The van der Waals surface area contributed by atoms with Crippen LogP contribution in [0.1, 0.15) is 10.4 Å². The summed E-state index contributed by atoms with van der Waals surface area (Å²) < 4.78 is 67.4. The molecule has 0 saturated carbocycles. The van der Waals surface area contributed by atoms with Gasteiger partial charge in [0.1, 0.15) is 0 Å². The number of aromatic amines is 1. The first-order chi connectivity index (χ1) is 14.1. The molecule has 4 nitrogen and oxygen atoms in total. The first kappa shape index (κ1) is 21.9. The van der Waals surface area contributed by atoms with Gasteiger partial charge in [0.05, 0.1) is 0 Å². The molecular formula is C19H7ClCuF5N2O2. The summed E-state index contributed by atoms with van der Waals surface area (Å²) >= 11 is 11.3. The van der Waals surface area contributed by atoms with Gasteiger partial charge in [-0.15, -0.1) is 0 Å². The number of aromatic nitrogens is 1. The Labute approximate surface area is 178 Å². The second-order valence-corrected chi connectivity index (χ2v) is 6.61. The molecule has 30 heavy (non-hydrogen) atoms. The molecule has 1 heterocycles. The van der Waals surface area contributed by atoms with Gasteiger partial charge in [-0.1, -0.05) is 0 Å².